The van der Waals surface area contributed by atoms with Gasteiger partial charge in [-0.15, -0.1) is 0 Å². The van der Waals surface area contributed by atoms with Crippen LogP contribution in [-0.2, 0) is 16.1 Å². The lowest BCUT2D eigenvalue weighted by molar-refractivity contribution is -0.146. The van der Waals surface area contributed by atoms with Crippen molar-refractivity contribution >= 4 is 16.9 Å². The number of carbonyl (C=O) groups is 1. The van der Waals surface area contributed by atoms with Gasteiger partial charge in [-0.05, 0) is 50.7 Å². The number of aryl methyl sites for hydroxylation is 1. The van der Waals surface area contributed by atoms with Crippen molar-refractivity contribution in [2.75, 3.05) is 7.11 Å². The van der Waals surface area contributed by atoms with Crippen LogP contribution in [-0.4, -0.2) is 22.6 Å². The highest BCUT2D eigenvalue weighted by Gasteiger charge is 2.27. The Morgan fingerprint density at radius 2 is 1.96 bits per heavy atom. The van der Waals surface area contributed by atoms with E-state index in [-0.39, 0.29) is 29.1 Å². The molecule has 3 rings (SSSR count). The average Bonchev–Trinajstić information content (AvgIpc) is 2.59. The van der Waals surface area contributed by atoms with Gasteiger partial charge in [-0.2, -0.15) is 0 Å². The number of nitrogens with zero attached hydrogens (tertiary/aromatic N) is 1. The van der Waals surface area contributed by atoms with Crippen LogP contribution < -0.4 is 11.2 Å². The fourth-order valence-electron chi connectivity index (χ4n) is 3.54. The molecule has 128 valence electrons. The topological polar surface area (TPSA) is 81.2 Å². The van der Waals surface area contributed by atoms with Gasteiger partial charge in [-0.3, -0.25) is 14.2 Å². The second-order valence-electron chi connectivity index (χ2n) is 6.64. The van der Waals surface area contributed by atoms with Crippen LogP contribution >= 0.6 is 0 Å². The van der Waals surface area contributed by atoms with E-state index in [4.69, 9.17) is 4.74 Å². The molecule has 0 amide bonds. The van der Waals surface area contributed by atoms with Gasteiger partial charge in [-0.25, -0.2) is 4.79 Å². The number of benzene rings is 1. The molecule has 24 heavy (non-hydrogen) atoms. The quantitative estimate of drug-likeness (QED) is 0.873. The zero-order valence-electron chi connectivity index (χ0n) is 14.0. The summed E-state index contributed by atoms with van der Waals surface area (Å²) in [7, 11) is 1.41. The molecule has 1 aromatic carbocycles. The molecule has 1 saturated carbocycles. The Hall–Kier alpha value is -2.37. The number of rotatable bonds is 3. The van der Waals surface area contributed by atoms with E-state index in [1.807, 2.05) is 13.0 Å². The lowest BCUT2D eigenvalue weighted by Crippen LogP contribution is -2.38. The van der Waals surface area contributed by atoms with Gasteiger partial charge in [0.25, 0.3) is 5.56 Å². The van der Waals surface area contributed by atoms with Crippen LogP contribution in [0.5, 0.6) is 0 Å². The zero-order chi connectivity index (χ0) is 17.3. The van der Waals surface area contributed by atoms with E-state index in [2.05, 4.69) is 4.98 Å². The number of ether oxygens (including phenoxy) is 1. The molecule has 0 atom stereocenters. The van der Waals surface area contributed by atoms with Crippen LogP contribution in [0.25, 0.3) is 10.9 Å². The molecule has 0 unspecified atom stereocenters. The molecule has 1 aliphatic rings. The summed E-state index contributed by atoms with van der Waals surface area (Å²) in [4.78, 5) is 39.3. The van der Waals surface area contributed by atoms with Gasteiger partial charge in [0.15, 0.2) is 0 Å². The van der Waals surface area contributed by atoms with Gasteiger partial charge in [0.05, 0.1) is 23.9 Å². The molecule has 1 aliphatic carbocycles. The van der Waals surface area contributed by atoms with Gasteiger partial charge in [0.1, 0.15) is 0 Å². The van der Waals surface area contributed by atoms with E-state index in [1.54, 1.807) is 12.1 Å². The highest BCUT2D eigenvalue weighted by Crippen LogP contribution is 2.30. The molecule has 0 radical (unpaired) electrons. The molecular formula is C18H22N2O4. The molecule has 6 heteroatoms. The molecule has 0 bridgehead atoms. The Balaban J connectivity index is 1.82. The predicted molar refractivity (Wildman–Crippen MR) is 91.0 cm³/mol. The number of H-pyrrole nitrogens is 1. The summed E-state index contributed by atoms with van der Waals surface area (Å²) >= 11 is 0. The van der Waals surface area contributed by atoms with Gasteiger partial charge in [-0.1, -0.05) is 11.6 Å². The maximum Gasteiger partial charge on any atom is 0.328 e. The Kier molecular flexibility index (Phi) is 4.55. The van der Waals surface area contributed by atoms with Crippen LogP contribution in [0.2, 0.25) is 0 Å². The SMILES string of the molecule is COC(=O)C1CCC(Cn2c(=O)[nH]c3ccc(C)cc3c2=O)CC1. The number of hydrogen-bond donors (Lipinski definition) is 1. The number of carbonyl (C=O) groups excluding carboxylic acids is 1. The number of esters is 1. The second-order valence-corrected chi connectivity index (χ2v) is 6.64. The summed E-state index contributed by atoms with van der Waals surface area (Å²) in [6.07, 6.45) is 3.13. The van der Waals surface area contributed by atoms with Crippen LogP contribution in [0.15, 0.2) is 27.8 Å². The lowest BCUT2D eigenvalue weighted by atomic mass is 9.82. The van der Waals surface area contributed by atoms with Gasteiger partial charge in [0.2, 0.25) is 0 Å². The molecule has 2 aromatic rings. The fraction of sp³-hybridized carbons (Fsp3) is 0.500. The smallest absolute Gasteiger partial charge is 0.328 e. The van der Waals surface area contributed by atoms with Crippen molar-refractivity contribution in [3.8, 4) is 0 Å². The number of hydrogen-bond acceptors (Lipinski definition) is 4. The first kappa shape index (κ1) is 16.5. The lowest BCUT2D eigenvalue weighted by Gasteiger charge is -2.27. The third-order valence-corrected chi connectivity index (χ3v) is 4.96. The molecule has 1 heterocycles. The van der Waals surface area contributed by atoms with Crippen molar-refractivity contribution in [2.24, 2.45) is 11.8 Å². The zero-order valence-corrected chi connectivity index (χ0v) is 14.0. The van der Waals surface area contributed by atoms with Crippen LogP contribution in [0.1, 0.15) is 31.2 Å². The Morgan fingerprint density at radius 1 is 1.25 bits per heavy atom. The maximum absolute atomic E-state index is 12.7. The minimum atomic E-state index is -0.369. The summed E-state index contributed by atoms with van der Waals surface area (Å²) in [5.41, 5.74) is 0.942. The van der Waals surface area contributed by atoms with E-state index >= 15 is 0 Å². The van der Waals surface area contributed by atoms with Crippen molar-refractivity contribution in [3.63, 3.8) is 0 Å². The van der Waals surface area contributed by atoms with E-state index in [1.165, 1.54) is 11.7 Å². The highest BCUT2D eigenvalue weighted by atomic mass is 16.5. The van der Waals surface area contributed by atoms with Crippen molar-refractivity contribution in [1.29, 1.82) is 0 Å². The minimum Gasteiger partial charge on any atom is -0.469 e. The predicted octanol–water partition coefficient (Wildman–Crippen LogP) is 1.98. The van der Waals surface area contributed by atoms with Gasteiger partial charge in [0, 0.05) is 6.54 Å². The van der Waals surface area contributed by atoms with E-state index in [9.17, 15) is 14.4 Å². The first-order valence-electron chi connectivity index (χ1n) is 8.31. The maximum atomic E-state index is 12.7. The van der Waals surface area contributed by atoms with E-state index in [0.717, 1.165) is 31.2 Å². The van der Waals surface area contributed by atoms with Crippen molar-refractivity contribution < 1.29 is 9.53 Å². The minimum absolute atomic E-state index is 0.0551. The molecular weight excluding hydrogens is 308 g/mol. The Morgan fingerprint density at radius 3 is 2.62 bits per heavy atom. The highest BCUT2D eigenvalue weighted by molar-refractivity contribution is 5.77. The van der Waals surface area contributed by atoms with Gasteiger partial charge >= 0.3 is 11.7 Å². The van der Waals surface area contributed by atoms with Crippen LogP contribution in [0.4, 0.5) is 0 Å². The molecule has 6 nitrogen and oxygen atoms in total. The first-order valence-corrected chi connectivity index (χ1v) is 8.31. The summed E-state index contributed by atoms with van der Waals surface area (Å²) in [5, 5.41) is 0.540. The third kappa shape index (κ3) is 3.13. The summed E-state index contributed by atoms with van der Waals surface area (Å²) in [6.45, 7) is 2.31. The number of fused-ring (bicyclic) bond motifs is 1. The number of methoxy groups -OCH3 is 1. The molecule has 1 fully saturated rings. The molecule has 0 aliphatic heterocycles. The monoisotopic (exact) mass is 330 g/mol. The van der Waals surface area contributed by atoms with E-state index < -0.39 is 0 Å². The molecule has 0 spiro atoms. The largest absolute Gasteiger partial charge is 0.469 e. The van der Waals surface area contributed by atoms with E-state index in [0.29, 0.717) is 17.4 Å². The average molecular weight is 330 g/mol. The number of nitrogens with one attached hydrogen (secondary N) is 1. The molecule has 0 saturated heterocycles. The summed E-state index contributed by atoms with van der Waals surface area (Å²) < 4.78 is 6.09. The Bertz CT molecular complexity index is 873. The summed E-state index contributed by atoms with van der Waals surface area (Å²) in [5.74, 6) is 0.0112. The van der Waals surface area contributed by atoms with Crippen molar-refractivity contribution in [3.05, 3.63) is 44.6 Å². The van der Waals surface area contributed by atoms with Crippen molar-refractivity contribution in [2.45, 2.75) is 39.2 Å². The molecule has 1 N–H and O–H groups in total. The number of aromatic amines is 1. The summed E-state index contributed by atoms with van der Waals surface area (Å²) in [6, 6.07) is 5.44. The van der Waals surface area contributed by atoms with Crippen LogP contribution in [0.3, 0.4) is 0 Å². The normalized spacial score (nSPS) is 20.9. The van der Waals surface area contributed by atoms with Crippen LogP contribution in [0, 0.1) is 18.8 Å². The third-order valence-electron chi connectivity index (χ3n) is 4.96. The second kappa shape index (κ2) is 6.63. The standard InChI is InChI=1S/C18H22N2O4/c1-11-3-8-15-14(9-11)16(21)20(18(23)19-15)10-12-4-6-13(7-5-12)17(22)24-2/h3,8-9,12-13H,4-7,10H2,1-2H3,(H,19,23). The Labute approximate surface area is 139 Å². The fourth-order valence-corrected chi connectivity index (χ4v) is 3.54. The number of aromatic nitrogens is 2. The van der Waals surface area contributed by atoms with Crippen molar-refractivity contribution in [1.82, 2.24) is 9.55 Å². The first-order chi connectivity index (χ1) is 11.5. The van der Waals surface area contributed by atoms with Gasteiger partial charge < -0.3 is 9.72 Å². The molecule has 1 aromatic heterocycles.